The molecule has 1 rings (SSSR count). The van der Waals surface area contributed by atoms with E-state index in [0.29, 0.717) is 24.0 Å². The number of anilines is 2. The molecule has 88 valence electrons. The highest BCUT2D eigenvalue weighted by molar-refractivity contribution is 5.81. The Morgan fingerprint density at radius 2 is 2.31 bits per heavy atom. The number of carbonyl (C=O) groups excluding carboxylic acids is 1. The lowest BCUT2D eigenvalue weighted by Crippen LogP contribution is -2.32. The molecule has 0 saturated carbocycles. The molecule has 0 aromatic carbocycles. The fourth-order valence-corrected chi connectivity index (χ4v) is 1.11. The molecule has 0 radical (unpaired) electrons. The molecule has 1 amide bonds. The number of rotatable bonds is 5. The second-order valence-corrected chi connectivity index (χ2v) is 3.99. The van der Waals surface area contributed by atoms with Gasteiger partial charge in [0.1, 0.15) is 5.82 Å². The molecule has 0 fully saturated rings. The van der Waals surface area contributed by atoms with Crippen molar-refractivity contribution in [3.05, 3.63) is 18.3 Å². The fourth-order valence-electron chi connectivity index (χ4n) is 1.11. The number of aromatic nitrogens is 1. The first-order valence-corrected chi connectivity index (χ1v) is 5.30. The van der Waals surface area contributed by atoms with Crippen LogP contribution < -0.4 is 16.4 Å². The molecule has 4 N–H and O–H groups in total. The number of amides is 1. The number of carbonyl (C=O) groups is 1. The van der Waals surface area contributed by atoms with Crippen molar-refractivity contribution in [2.24, 2.45) is 5.92 Å². The van der Waals surface area contributed by atoms with E-state index in [1.807, 2.05) is 13.8 Å². The maximum atomic E-state index is 11.4. The standard InChI is InChI=1S/C11H18N4O/c1-8(2)6-14-10(16)7-15-11-9(12)4-3-5-13-11/h3-5,8H,6-7,12H2,1-2H3,(H,13,15)(H,14,16). The maximum Gasteiger partial charge on any atom is 0.239 e. The zero-order chi connectivity index (χ0) is 12.0. The molecule has 1 aromatic heterocycles. The van der Waals surface area contributed by atoms with Crippen molar-refractivity contribution in [3.63, 3.8) is 0 Å². The highest BCUT2D eigenvalue weighted by Gasteiger charge is 2.04. The van der Waals surface area contributed by atoms with Crippen LogP contribution in [0.1, 0.15) is 13.8 Å². The van der Waals surface area contributed by atoms with Gasteiger partial charge in [0.25, 0.3) is 0 Å². The lowest BCUT2D eigenvalue weighted by Gasteiger charge is -2.09. The van der Waals surface area contributed by atoms with Crippen LogP contribution >= 0.6 is 0 Å². The molecule has 5 heteroatoms. The van der Waals surface area contributed by atoms with Gasteiger partial charge in [-0.25, -0.2) is 4.98 Å². The first-order valence-electron chi connectivity index (χ1n) is 5.30. The van der Waals surface area contributed by atoms with E-state index in [4.69, 9.17) is 5.73 Å². The molecule has 0 aliphatic rings. The monoisotopic (exact) mass is 222 g/mol. The average Bonchev–Trinajstić information content (AvgIpc) is 2.25. The van der Waals surface area contributed by atoms with Gasteiger partial charge in [0.15, 0.2) is 0 Å². The number of hydrogen-bond acceptors (Lipinski definition) is 4. The van der Waals surface area contributed by atoms with Crippen LogP contribution in [0.5, 0.6) is 0 Å². The van der Waals surface area contributed by atoms with Gasteiger partial charge in [-0.3, -0.25) is 4.79 Å². The third kappa shape index (κ3) is 4.16. The molecule has 0 spiro atoms. The van der Waals surface area contributed by atoms with Gasteiger partial charge < -0.3 is 16.4 Å². The van der Waals surface area contributed by atoms with Crippen LogP contribution in [0, 0.1) is 5.92 Å². The van der Waals surface area contributed by atoms with Gasteiger partial charge >= 0.3 is 0 Å². The summed E-state index contributed by atoms with van der Waals surface area (Å²) in [6, 6.07) is 3.49. The smallest absolute Gasteiger partial charge is 0.239 e. The summed E-state index contributed by atoms with van der Waals surface area (Å²) in [7, 11) is 0. The van der Waals surface area contributed by atoms with E-state index in [1.54, 1.807) is 18.3 Å². The molecule has 0 unspecified atom stereocenters. The molecule has 1 heterocycles. The Kier molecular flexibility index (Phi) is 4.57. The van der Waals surface area contributed by atoms with E-state index in [0.717, 1.165) is 0 Å². The first kappa shape index (κ1) is 12.3. The summed E-state index contributed by atoms with van der Waals surface area (Å²) in [6.07, 6.45) is 1.63. The summed E-state index contributed by atoms with van der Waals surface area (Å²) in [5, 5.41) is 5.69. The summed E-state index contributed by atoms with van der Waals surface area (Å²) in [5.74, 6) is 0.935. The highest BCUT2D eigenvalue weighted by atomic mass is 16.1. The van der Waals surface area contributed by atoms with Crippen molar-refractivity contribution in [3.8, 4) is 0 Å². The molecular weight excluding hydrogens is 204 g/mol. The van der Waals surface area contributed by atoms with Crippen LogP contribution in [0.25, 0.3) is 0 Å². The van der Waals surface area contributed by atoms with Crippen LogP contribution in [0.2, 0.25) is 0 Å². The van der Waals surface area contributed by atoms with E-state index in [9.17, 15) is 4.79 Å². The highest BCUT2D eigenvalue weighted by Crippen LogP contribution is 2.11. The van der Waals surface area contributed by atoms with Crippen molar-refractivity contribution in [1.29, 1.82) is 0 Å². The van der Waals surface area contributed by atoms with E-state index in [-0.39, 0.29) is 12.5 Å². The van der Waals surface area contributed by atoms with Gasteiger partial charge in [0, 0.05) is 12.7 Å². The van der Waals surface area contributed by atoms with Crippen LogP contribution in [-0.4, -0.2) is 24.0 Å². The summed E-state index contributed by atoms with van der Waals surface area (Å²) in [6.45, 7) is 4.96. The Bertz CT molecular complexity index is 352. The third-order valence-corrected chi connectivity index (χ3v) is 1.96. The minimum Gasteiger partial charge on any atom is -0.396 e. The Morgan fingerprint density at radius 1 is 1.56 bits per heavy atom. The maximum absolute atomic E-state index is 11.4. The predicted molar refractivity (Wildman–Crippen MR) is 65.0 cm³/mol. The van der Waals surface area contributed by atoms with Crippen molar-refractivity contribution in [1.82, 2.24) is 10.3 Å². The number of nitrogens with zero attached hydrogens (tertiary/aromatic N) is 1. The quantitative estimate of drug-likeness (QED) is 0.690. The minimum absolute atomic E-state index is 0.0567. The average molecular weight is 222 g/mol. The molecule has 1 aromatic rings. The predicted octanol–water partition coefficient (Wildman–Crippen LogP) is 0.848. The van der Waals surface area contributed by atoms with Gasteiger partial charge in [0.05, 0.1) is 12.2 Å². The normalized spacial score (nSPS) is 10.2. The fraction of sp³-hybridized carbons (Fsp3) is 0.455. The van der Waals surface area contributed by atoms with Crippen molar-refractivity contribution in [2.45, 2.75) is 13.8 Å². The molecule has 0 saturated heterocycles. The van der Waals surface area contributed by atoms with Crippen LogP contribution in [0.15, 0.2) is 18.3 Å². The second-order valence-electron chi connectivity index (χ2n) is 3.99. The van der Waals surface area contributed by atoms with E-state index >= 15 is 0 Å². The molecule has 0 aliphatic carbocycles. The zero-order valence-corrected chi connectivity index (χ0v) is 9.66. The molecule has 5 nitrogen and oxygen atoms in total. The minimum atomic E-state index is -0.0567. The summed E-state index contributed by atoms with van der Waals surface area (Å²) < 4.78 is 0. The summed E-state index contributed by atoms with van der Waals surface area (Å²) in [5.41, 5.74) is 6.21. The Balaban J connectivity index is 2.35. The van der Waals surface area contributed by atoms with E-state index in [2.05, 4.69) is 15.6 Å². The topological polar surface area (TPSA) is 80.0 Å². The SMILES string of the molecule is CC(C)CNC(=O)CNc1ncccc1N. The summed E-state index contributed by atoms with van der Waals surface area (Å²) in [4.78, 5) is 15.4. The number of pyridine rings is 1. The van der Waals surface area contributed by atoms with Crippen molar-refractivity contribution < 1.29 is 4.79 Å². The van der Waals surface area contributed by atoms with Gasteiger partial charge in [0.2, 0.25) is 5.91 Å². The third-order valence-electron chi connectivity index (χ3n) is 1.96. The zero-order valence-electron chi connectivity index (χ0n) is 9.66. The van der Waals surface area contributed by atoms with Crippen LogP contribution in [0.4, 0.5) is 11.5 Å². The lowest BCUT2D eigenvalue weighted by atomic mass is 10.2. The first-order chi connectivity index (χ1) is 7.59. The largest absolute Gasteiger partial charge is 0.396 e. The Morgan fingerprint density at radius 3 is 2.94 bits per heavy atom. The van der Waals surface area contributed by atoms with Crippen molar-refractivity contribution >= 4 is 17.4 Å². The van der Waals surface area contributed by atoms with E-state index in [1.165, 1.54) is 0 Å². The molecule has 0 aliphatic heterocycles. The van der Waals surface area contributed by atoms with Gasteiger partial charge in [-0.1, -0.05) is 13.8 Å². The number of hydrogen-bond donors (Lipinski definition) is 3. The molecule has 0 atom stereocenters. The number of nitrogens with one attached hydrogen (secondary N) is 2. The second kappa shape index (κ2) is 5.95. The van der Waals surface area contributed by atoms with Gasteiger partial charge in [-0.2, -0.15) is 0 Å². The molecule has 16 heavy (non-hydrogen) atoms. The van der Waals surface area contributed by atoms with Gasteiger partial charge in [-0.15, -0.1) is 0 Å². The van der Waals surface area contributed by atoms with Gasteiger partial charge in [-0.05, 0) is 18.1 Å². The van der Waals surface area contributed by atoms with Crippen LogP contribution in [0.3, 0.4) is 0 Å². The molecule has 0 bridgehead atoms. The number of nitrogens with two attached hydrogens (primary N) is 1. The van der Waals surface area contributed by atoms with Crippen molar-refractivity contribution in [2.75, 3.05) is 24.1 Å². The molecular formula is C11H18N4O. The Labute approximate surface area is 95.4 Å². The number of nitrogen functional groups attached to an aromatic ring is 1. The summed E-state index contributed by atoms with van der Waals surface area (Å²) >= 11 is 0. The Hall–Kier alpha value is -1.78. The lowest BCUT2D eigenvalue weighted by molar-refractivity contribution is -0.119. The van der Waals surface area contributed by atoms with E-state index < -0.39 is 0 Å². The van der Waals surface area contributed by atoms with Crippen LogP contribution in [-0.2, 0) is 4.79 Å².